The fourth-order valence-corrected chi connectivity index (χ4v) is 3.02. The van der Waals surface area contributed by atoms with Crippen LogP contribution in [0, 0.1) is 0 Å². The summed E-state index contributed by atoms with van der Waals surface area (Å²) in [4.78, 5) is 16.3. The molecule has 120 valence electrons. The zero-order valence-corrected chi connectivity index (χ0v) is 13.2. The van der Waals surface area contributed by atoms with Crippen molar-refractivity contribution < 1.29 is 9.32 Å². The maximum atomic E-state index is 12.2. The van der Waals surface area contributed by atoms with Gasteiger partial charge in [0, 0.05) is 17.8 Å². The summed E-state index contributed by atoms with van der Waals surface area (Å²) in [5.41, 5.74) is 3.99. The van der Waals surface area contributed by atoms with Crippen LogP contribution in [0.15, 0.2) is 53.2 Å². The molecular weight excluding hydrogens is 302 g/mol. The summed E-state index contributed by atoms with van der Waals surface area (Å²) < 4.78 is 5.37. The zero-order valence-electron chi connectivity index (χ0n) is 13.2. The Morgan fingerprint density at radius 2 is 1.92 bits per heavy atom. The number of hydrogen-bond donors (Lipinski definition) is 1. The van der Waals surface area contributed by atoms with Gasteiger partial charge in [-0.1, -0.05) is 23.4 Å². The summed E-state index contributed by atoms with van der Waals surface area (Å²) in [6.45, 7) is 0. The first kappa shape index (κ1) is 14.6. The zero-order chi connectivity index (χ0) is 16.4. The van der Waals surface area contributed by atoms with Gasteiger partial charge in [0.05, 0.1) is 0 Å². The van der Waals surface area contributed by atoms with Crippen molar-refractivity contribution in [2.24, 2.45) is 0 Å². The molecule has 0 aliphatic heterocycles. The molecule has 0 fully saturated rings. The Bertz CT molecular complexity index is 871. The summed E-state index contributed by atoms with van der Waals surface area (Å²) in [7, 11) is 0. The Kier molecular flexibility index (Phi) is 3.83. The molecule has 0 atom stereocenters. The number of pyridine rings is 1. The number of aromatic nitrogens is 2. The van der Waals surface area contributed by atoms with Crippen molar-refractivity contribution in [2.75, 3.05) is 5.32 Å². The molecule has 1 aliphatic rings. The van der Waals surface area contributed by atoms with Crippen molar-refractivity contribution in [1.82, 2.24) is 10.1 Å². The summed E-state index contributed by atoms with van der Waals surface area (Å²) >= 11 is 0. The molecule has 0 saturated heterocycles. The fraction of sp³-hybridized carbons (Fsp3) is 0.211. The molecule has 1 aliphatic carbocycles. The maximum Gasteiger partial charge on any atom is 0.279 e. The highest BCUT2D eigenvalue weighted by atomic mass is 16.5. The van der Waals surface area contributed by atoms with E-state index in [0.717, 1.165) is 18.4 Å². The third-order valence-electron chi connectivity index (χ3n) is 4.28. The van der Waals surface area contributed by atoms with Gasteiger partial charge in [-0.05, 0) is 55.0 Å². The fourth-order valence-electron chi connectivity index (χ4n) is 3.02. The van der Waals surface area contributed by atoms with Crippen LogP contribution in [0.4, 0.5) is 5.82 Å². The molecule has 0 radical (unpaired) electrons. The number of nitrogens with zero attached hydrogens (tertiary/aromatic N) is 2. The molecule has 0 spiro atoms. The van der Waals surface area contributed by atoms with E-state index >= 15 is 0 Å². The highest BCUT2D eigenvalue weighted by Gasteiger charge is 2.16. The molecule has 4 rings (SSSR count). The number of amides is 1. The molecule has 0 unspecified atom stereocenters. The lowest BCUT2D eigenvalue weighted by Crippen LogP contribution is -2.12. The number of nitrogens with one attached hydrogen (secondary N) is 1. The van der Waals surface area contributed by atoms with E-state index in [1.165, 1.54) is 24.0 Å². The van der Waals surface area contributed by atoms with E-state index < -0.39 is 0 Å². The average Bonchev–Trinajstić information content (AvgIpc) is 3.12. The van der Waals surface area contributed by atoms with E-state index in [9.17, 15) is 4.79 Å². The van der Waals surface area contributed by atoms with Crippen LogP contribution in [-0.2, 0) is 12.8 Å². The second kappa shape index (κ2) is 6.28. The SMILES string of the molecule is O=C(Nc1ccccn1)c1cc(-c2ccc3c(c2)CCCC3)on1. The van der Waals surface area contributed by atoms with Gasteiger partial charge in [-0.25, -0.2) is 4.98 Å². The lowest BCUT2D eigenvalue weighted by molar-refractivity contribution is 0.101. The first-order valence-electron chi connectivity index (χ1n) is 8.11. The number of aryl methyl sites for hydroxylation is 2. The Hall–Kier alpha value is -2.95. The van der Waals surface area contributed by atoms with Crippen molar-refractivity contribution in [3.05, 3.63) is 65.5 Å². The van der Waals surface area contributed by atoms with Crippen molar-refractivity contribution in [3.63, 3.8) is 0 Å². The lowest BCUT2D eigenvalue weighted by Gasteiger charge is -2.15. The Labute approximate surface area is 139 Å². The number of fused-ring (bicyclic) bond motifs is 1. The third-order valence-corrected chi connectivity index (χ3v) is 4.28. The van der Waals surface area contributed by atoms with Gasteiger partial charge in [-0.15, -0.1) is 0 Å². The average molecular weight is 319 g/mol. The maximum absolute atomic E-state index is 12.2. The van der Waals surface area contributed by atoms with E-state index in [1.807, 2.05) is 12.1 Å². The summed E-state index contributed by atoms with van der Waals surface area (Å²) in [5, 5.41) is 6.59. The van der Waals surface area contributed by atoms with Crippen LogP contribution in [0.25, 0.3) is 11.3 Å². The topological polar surface area (TPSA) is 68.0 Å². The van der Waals surface area contributed by atoms with Crippen molar-refractivity contribution in [3.8, 4) is 11.3 Å². The standard InChI is InChI=1S/C19H17N3O2/c23-19(21-18-7-3-4-10-20-18)16-12-17(24-22-16)15-9-8-13-5-1-2-6-14(13)11-15/h3-4,7-12H,1-2,5-6H2,(H,20,21,23). The number of anilines is 1. The minimum absolute atomic E-state index is 0.244. The summed E-state index contributed by atoms with van der Waals surface area (Å²) in [5.74, 6) is 0.761. The molecule has 1 amide bonds. The highest BCUT2D eigenvalue weighted by Crippen LogP contribution is 2.28. The molecule has 5 heteroatoms. The smallest absolute Gasteiger partial charge is 0.279 e. The molecule has 24 heavy (non-hydrogen) atoms. The van der Waals surface area contributed by atoms with E-state index in [2.05, 4.69) is 27.6 Å². The van der Waals surface area contributed by atoms with Gasteiger partial charge in [0.1, 0.15) is 5.82 Å². The number of rotatable bonds is 3. The predicted octanol–water partition coefficient (Wildman–Crippen LogP) is 3.87. The van der Waals surface area contributed by atoms with Gasteiger partial charge in [0.25, 0.3) is 5.91 Å². The first-order valence-corrected chi connectivity index (χ1v) is 8.11. The number of carbonyl (C=O) groups excluding carboxylic acids is 1. The lowest BCUT2D eigenvalue weighted by atomic mass is 9.90. The van der Waals surface area contributed by atoms with Crippen LogP contribution in [0.2, 0.25) is 0 Å². The van der Waals surface area contributed by atoms with Crippen LogP contribution >= 0.6 is 0 Å². The predicted molar refractivity (Wildman–Crippen MR) is 90.8 cm³/mol. The van der Waals surface area contributed by atoms with Crippen LogP contribution in [-0.4, -0.2) is 16.0 Å². The van der Waals surface area contributed by atoms with Gasteiger partial charge in [-0.3, -0.25) is 4.79 Å². The number of carbonyl (C=O) groups is 1. The molecule has 2 aromatic heterocycles. The first-order chi connectivity index (χ1) is 11.8. The molecule has 5 nitrogen and oxygen atoms in total. The minimum Gasteiger partial charge on any atom is -0.355 e. The van der Waals surface area contributed by atoms with Gasteiger partial charge in [0.2, 0.25) is 0 Å². The second-order valence-corrected chi connectivity index (χ2v) is 5.94. The molecular formula is C19H17N3O2. The Morgan fingerprint density at radius 3 is 2.75 bits per heavy atom. The number of benzene rings is 1. The quantitative estimate of drug-likeness (QED) is 0.796. The van der Waals surface area contributed by atoms with Gasteiger partial charge in [-0.2, -0.15) is 0 Å². The molecule has 1 aromatic carbocycles. The van der Waals surface area contributed by atoms with E-state index in [1.54, 1.807) is 24.4 Å². The molecule has 1 N–H and O–H groups in total. The van der Waals surface area contributed by atoms with Gasteiger partial charge < -0.3 is 9.84 Å². The van der Waals surface area contributed by atoms with Crippen molar-refractivity contribution in [2.45, 2.75) is 25.7 Å². The Balaban J connectivity index is 1.55. The molecule has 0 bridgehead atoms. The van der Waals surface area contributed by atoms with Crippen molar-refractivity contribution in [1.29, 1.82) is 0 Å². The minimum atomic E-state index is -0.332. The Morgan fingerprint density at radius 1 is 1.04 bits per heavy atom. The van der Waals surface area contributed by atoms with Crippen LogP contribution in [0.5, 0.6) is 0 Å². The van der Waals surface area contributed by atoms with E-state index in [0.29, 0.717) is 11.6 Å². The van der Waals surface area contributed by atoms with Crippen LogP contribution in [0.3, 0.4) is 0 Å². The molecule has 3 aromatic rings. The largest absolute Gasteiger partial charge is 0.355 e. The normalized spacial score (nSPS) is 13.3. The molecule has 0 saturated carbocycles. The highest BCUT2D eigenvalue weighted by molar-refractivity contribution is 6.02. The van der Waals surface area contributed by atoms with Crippen LogP contribution in [0.1, 0.15) is 34.5 Å². The van der Waals surface area contributed by atoms with E-state index in [-0.39, 0.29) is 11.6 Å². The number of hydrogen-bond acceptors (Lipinski definition) is 4. The monoisotopic (exact) mass is 319 g/mol. The van der Waals surface area contributed by atoms with Crippen LogP contribution < -0.4 is 5.32 Å². The van der Waals surface area contributed by atoms with Gasteiger partial charge >= 0.3 is 0 Å². The second-order valence-electron chi connectivity index (χ2n) is 5.94. The van der Waals surface area contributed by atoms with E-state index in [4.69, 9.17) is 4.52 Å². The summed E-state index contributed by atoms with van der Waals surface area (Å²) in [6, 6.07) is 13.3. The van der Waals surface area contributed by atoms with Crippen molar-refractivity contribution >= 4 is 11.7 Å². The third kappa shape index (κ3) is 2.93. The molecule has 2 heterocycles. The van der Waals surface area contributed by atoms with Gasteiger partial charge in [0.15, 0.2) is 11.5 Å². The summed E-state index contributed by atoms with van der Waals surface area (Å²) in [6.07, 6.45) is 6.35.